The predicted octanol–water partition coefficient (Wildman–Crippen LogP) is 3.50. The van der Waals surface area contributed by atoms with Gasteiger partial charge in [0.25, 0.3) is 0 Å². The molecule has 2 aliphatic rings. The van der Waals surface area contributed by atoms with E-state index in [1.165, 1.54) is 6.26 Å². The number of rotatable bonds is 5. The number of nitrogens with zero attached hydrogens (tertiary/aromatic N) is 1. The molecule has 1 aromatic rings. The molecule has 1 aromatic carbocycles. The molecule has 0 radical (unpaired) electrons. The van der Waals surface area contributed by atoms with Crippen LogP contribution in [0.1, 0.15) is 36.5 Å². The third-order valence-corrected chi connectivity index (χ3v) is 6.35. The molecule has 5 unspecified atom stereocenters. The topological polar surface area (TPSA) is 58.6 Å². The quantitative estimate of drug-likeness (QED) is 0.668. The predicted molar refractivity (Wildman–Crippen MR) is 99.9 cm³/mol. The van der Waals surface area contributed by atoms with Crippen LogP contribution in [0.5, 0.6) is 0 Å². The number of amides is 1. The van der Waals surface area contributed by atoms with Gasteiger partial charge in [0.05, 0.1) is 34.8 Å². The van der Waals surface area contributed by atoms with E-state index in [-0.39, 0.29) is 48.5 Å². The monoisotopic (exact) mass is 472 g/mol. The normalized spacial score (nSPS) is 28.0. The lowest BCUT2D eigenvalue weighted by atomic mass is 9.91. The summed E-state index contributed by atoms with van der Waals surface area (Å²) in [5.41, 5.74) is -3.03. The van der Waals surface area contributed by atoms with Gasteiger partial charge < -0.3 is 9.64 Å². The Morgan fingerprint density at radius 3 is 2.23 bits per heavy atom. The molecule has 0 saturated carbocycles. The molecule has 1 N–H and O–H groups in total. The van der Waals surface area contributed by atoms with Gasteiger partial charge in [0.2, 0.25) is 5.91 Å². The molecule has 2 aliphatic heterocycles. The lowest BCUT2D eigenvalue weighted by molar-refractivity contribution is -0.143. The summed E-state index contributed by atoms with van der Waals surface area (Å²) in [5.74, 6) is -0.345. The van der Waals surface area contributed by atoms with Crippen molar-refractivity contribution >= 4 is 16.9 Å². The highest BCUT2D eigenvalue weighted by atomic mass is 32.2. The molecule has 174 valence electrons. The van der Waals surface area contributed by atoms with Crippen molar-refractivity contribution < 1.29 is 40.1 Å². The van der Waals surface area contributed by atoms with Gasteiger partial charge in [0.1, 0.15) is 0 Å². The lowest BCUT2D eigenvalue weighted by Crippen LogP contribution is -2.50. The molecule has 3 rings (SSSR count). The first kappa shape index (κ1) is 24.0. The average molecular weight is 472 g/mol. The maximum atomic E-state index is 13.0. The van der Waals surface area contributed by atoms with Gasteiger partial charge in [-0.25, -0.2) is 8.93 Å². The summed E-state index contributed by atoms with van der Waals surface area (Å²) >= 11 is 0. The van der Waals surface area contributed by atoms with Crippen LogP contribution in [0.4, 0.5) is 26.3 Å². The number of alkyl halides is 6. The fourth-order valence-corrected chi connectivity index (χ4v) is 4.84. The average Bonchev–Trinajstić information content (AvgIpc) is 2.94. The second-order valence-electron chi connectivity index (χ2n) is 7.94. The minimum absolute atomic E-state index is 0.0748. The molecule has 5 atom stereocenters. The zero-order chi connectivity index (χ0) is 23.1. The fraction of sp³-hybridized carbons (Fsp3) is 0.632. The van der Waals surface area contributed by atoms with Crippen molar-refractivity contribution in [3.05, 3.63) is 34.9 Å². The van der Waals surface area contributed by atoms with Crippen molar-refractivity contribution in [2.75, 3.05) is 12.8 Å². The van der Waals surface area contributed by atoms with E-state index >= 15 is 0 Å². The second kappa shape index (κ2) is 8.70. The van der Waals surface area contributed by atoms with E-state index in [9.17, 15) is 35.3 Å². The summed E-state index contributed by atoms with van der Waals surface area (Å²) in [6.07, 6.45) is -8.23. The van der Waals surface area contributed by atoms with E-state index < -0.39 is 47.2 Å². The molecule has 2 saturated heterocycles. The van der Waals surface area contributed by atoms with Gasteiger partial charge in [-0.15, -0.1) is 0 Å². The number of carbonyl (C=O) groups is 1. The van der Waals surface area contributed by atoms with Gasteiger partial charge in [0, 0.05) is 37.2 Å². The Hall–Kier alpha value is -1.66. The molecule has 31 heavy (non-hydrogen) atoms. The standard InChI is InChI=1S/C19H22F6N2O3S/c1-10-15-6-14(26-31(2)29)7-17(28)27(15)8-16(10)30-9-11-3-12(18(20,21)22)5-13(4-11)19(23,24)25/h3-5,10,14-16,26H,6-9H2,1-2H3. The number of halogens is 6. The zero-order valence-electron chi connectivity index (χ0n) is 16.7. The van der Waals surface area contributed by atoms with Gasteiger partial charge >= 0.3 is 12.4 Å². The van der Waals surface area contributed by atoms with Crippen LogP contribution in [0.25, 0.3) is 0 Å². The first-order valence-corrected chi connectivity index (χ1v) is 11.1. The van der Waals surface area contributed by atoms with E-state index in [0.717, 1.165) is 0 Å². The van der Waals surface area contributed by atoms with Gasteiger partial charge in [-0.3, -0.25) is 4.79 Å². The van der Waals surface area contributed by atoms with E-state index in [1.54, 1.807) is 4.90 Å². The largest absolute Gasteiger partial charge is 0.416 e. The van der Waals surface area contributed by atoms with Crippen LogP contribution in [0.2, 0.25) is 0 Å². The van der Waals surface area contributed by atoms with E-state index in [0.29, 0.717) is 18.6 Å². The van der Waals surface area contributed by atoms with Crippen LogP contribution in [0.15, 0.2) is 18.2 Å². The molecule has 1 amide bonds. The van der Waals surface area contributed by atoms with Gasteiger partial charge in [0.15, 0.2) is 0 Å². The van der Waals surface area contributed by atoms with Crippen LogP contribution in [-0.4, -0.2) is 46.0 Å². The highest BCUT2D eigenvalue weighted by molar-refractivity contribution is 7.82. The SMILES string of the molecule is CC1C(OCc2cc(C(F)(F)F)cc(C(F)(F)F)c2)CN2C(=O)CC(NS(C)=O)CC12. The highest BCUT2D eigenvalue weighted by Crippen LogP contribution is 2.38. The summed E-state index contributed by atoms with van der Waals surface area (Å²) in [7, 11) is -1.29. The summed E-state index contributed by atoms with van der Waals surface area (Å²) in [5, 5.41) is 0. The molecule has 5 nitrogen and oxygen atoms in total. The summed E-state index contributed by atoms with van der Waals surface area (Å²) in [4.78, 5) is 14.0. The van der Waals surface area contributed by atoms with Crippen molar-refractivity contribution in [1.82, 2.24) is 9.62 Å². The summed E-state index contributed by atoms with van der Waals surface area (Å²) in [6.45, 7) is 1.58. The number of carbonyl (C=O) groups excluding carboxylic acids is 1. The van der Waals surface area contributed by atoms with Crippen LogP contribution in [-0.2, 0) is 39.5 Å². The third kappa shape index (κ3) is 5.58. The number of hydrogen-bond donors (Lipinski definition) is 1. The van der Waals surface area contributed by atoms with Crippen molar-refractivity contribution in [3.63, 3.8) is 0 Å². The van der Waals surface area contributed by atoms with E-state index in [4.69, 9.17) is 4.74 Å². The van der Waals surface area contributed by atoms with Crippen LogP contribution < -0.4 is 4.72 Å². The van der Waals surface area contributed by atoms with Crippen LogP contribution in [0, 0.1) is 5.92 Å². The summed E-state index contributed by atoms with van der Waals surface area (Å²) in [6, 6.07) is 0.886. The Morgan fingerprint density at radius 2 is 1.71 bits per heavy atom. The third-order valence-electron chi connectivity index (χ3n) is 5.68. The Labute approximate surface area is 177 Å². The number of piperidine rings is 1. The number of benzene rings is 1. The van der Waals surface area contributed by atoms with Crippen molar-refractivity contribution in [2.45, 2.75) is 56.9 Å². The highest BCUT2D eigenvalue weighted by Gasteiger charge is 2.46. The van der Waals surface area contributed by atoms with Gasteiger partial charge in [-0.2, -0.15) is 26.3 Å². The molecular weight excluding hydrogens is 450 g/mol. The van der Waals surface area contributed by atoms with Gasteiger partial charge in [-0.1, -0.05) is 6.92 Å². The lowest BCUT2D eigenvalue weighted by Gasteiger charge is -2.35. The minimum Gasteiger partial charge on any atom is -0.371 e. The van der Waals surface area contributed by atoms with E-state index in [1.807, 2.05) is 6.92 Å². The van der Waals surface area contributed by atoms with E-state index in [2.05, 4.69) is 4.72 Å². The Morgan fingerprint density at radius 1 is 1.13 bits per heavy atom. The van der Waals surface area contributed by atoms with Crippen molar-refractivity contribution in [1.29, 1.82) is 0 Å². The number of hydrogen-bond acceptors (Lipinski definition) is 3. The van der Waals surface area contributed by atoms with Crippen LogP contribution in [0.3, 0.4) is 0 Å². The Bertz CT molecular complexity index is 828. The molecule has 2 heterocycles. The summed E-state index contributed by atoms with van der Waals surface area (Å²) < 4.78 is 98.1. The maximum Gasteiger partial charge on any atom is 0.416 e. The van der Waals surface area contributed by atoms with Gasteiger partial charge in [-0.05, 0) is 30.2 Å². The van der Waals surface area contributed by atoms with Crippen molar-refractivity contribution in [2.24, 2.45) is 5.92 Å². The Balaban J connectivity index is 1.73. The molecule has 2 fully saturated rings. The molecule has 0 aliphatic carbocycles. The first-order chi connectivity index (χ1) is 14.3. The number of ether oxygens (including phenoxy) is 1. The van der Waals surface area contributed by atoms with Crippen molar-refractivity contribution in [3.8, 4) is 0 Å². The smallest absolute Gasteiger partial charge is 0.371 e. The molecule has 0 bridgehead atoms. The number of nitrogens with one attached hydrogen (secondary N) is 1. The molecule has 0 aromatic heterocycles. The molecule has 12 heteroatoms. The first-order valence-electron chi connectivity index (χ1n) is 9.54. The maximum absolute atomic E-state index is 13.0. The minimum atomic E-state index is -4.93. The fourth-order valence-electron chi connectivity index (χ4n) is 4.19. The number of fused-ring (bicyclic) bond motifs is 1. The Kier molecular flexibility index (Phi) is 6.73. The molecule has 0 spiro atoms. The zero-order valence-corrected chi connectivity index (χ0v) is 17.5. The van der Waals surface area contributed by atoms with Crippen LogP contribution >= 0.6 is 0 Å². The molecular formula is C19H22F6N2O3S. The second-order valence-corrected chi connectivity index (χ2v) is 9.09.